The second kappa shape index (κ2) is 7.04. The molecule has 0 unspecified atom stereocenters. The third kappa shape index (κ3) is 4.99. The zero-order valence-electron chi connectivity index (χ0n) is 11.2. The fourth-order valence-electron chi connectivity index (χ4n) is 1.54. The van der Waals surface area contributed by atoms with Crippen molar-refractivity contribution in [2.45, 2.75) is 23.9 Å². The molecule has 21 heavy (non-hydrogen) atoms. The molecule has 0 aliphatic carbocycles. The van der Waals surface area contributed by atoms with E-state index in [1.54, 1.807) is 24.3 Å². The van der Waals surface area contributed by atoms with Crippen LogP contribution >= 0.6 is 35.7 Å². The summed E-state index contributed by atoms with van der Waals surface area (Å²) < 4.78 is 1.49. The first-order valence-corrected chi connectivity index (χ1v) is 21.8. The van der Waals surface area contributed by atoms with Crippen LogP contribution in [-0.4, -0.2) is 13.4 Å². The van der Waals surface area contributed by atoms with Gasteiger partial charge in [0.15, 0.2) is 0 Å². The molecule has 0 saturated heterocycles. The number of nitrogens with zero attached hydrogens (tertiary/aromatic N) is 2. The van der Waals surface area contributed by atoms with Crippen LogP contribution in [0.2, 0.25) is 0 Å². The fraction of sp³-hybridized carbons (Fsp3) is 0.167. The average Bonchev–Trinajstić information content (AvgIpc) is 2.37. The maximum absolute atomic E-state index is 11.8. The van der Waals surface area contributed by atoms with E-state index < -0.39 is 13.4 Å². The molecule has 0 aliphatic rings. The van der Waals surface area contributed by atoms with Crippen molar-refractivity contribution >= 4 is 49.1 Å². The molecule has 0 aliphatic heterocycles. The molecule has 2 rings (SSSR count). The van der Waals surface area contributed by atoms with E-state index in [4.69, 9.17) is 17.8 Å². The summed E-state index contributed by atoms with van der Waals surface area (Å²) in [5.74, 6) is 0. The molecule has 0 radical (unpaired) electrons. The maximum atomic E-state index is 11.8. The number of halogens is 2. The first-order valence-electron chi connectivity index (χ1n) is 5.92. The van der Waals surface area contributed by atoms with Gasteiger partial charge in [-0.05, 0) is 0 Å². The zero-order valence-corrected chi connectivity index (χ0v) is 17.2. The van der Waals surface area contributed by atoms with E-state index in [-0.39, 0.29) is 0 Å². The van der Waals surface area contributed by atoms with Crippen molar-refractivity contribution in [1.82, 2.24) is 0 Å². The van der Waals surface area contributed by atoms with E-state index in [0.717, 1.165) is 20.6 Å². The summed E-state index contributed by atoms with van der Waals surface area (Å²) in [6.07, 6.45) is 2.86. The Labute approximate surface area is 139 Å². The minimum atomic E-state index is -3.76. The summed E-state index contributed by atoms with van der Waals surface area (Å²) in [6, 6.07) is 6.93. The van der Waals surface area contributed by atoms with Gasteiger partial charge in [-0.15, -0.1) is 0 Å². The van der Waals surface area contributed by atoms with E-state index in [0.29, 0.717) is 10.1 Å². The number of aryl methyl sites for hydroxylation is 2. The predicted octanol–water partition coefficient (Wildman–Crippen LogP) is 3.37. The second-order valence-corrected chi connectivity index (χ2v) is 36.7. The topological polar surface area (TPSA) is 53.9 Å². The van der Waals surface area contributed by atoms with E-state index in [2.05, 4.69) is 0 Å². The van der Waals surface area contributed by atoms with Gasteiger partial charge < -0.3 is 0 Å². The second-order valence-electron chi connectivity index (χ2n) is 4.40. The van der Waals surface area contributed by atoms with Crippen molar-refractivity contribution in [1.29, 1.82) is 0 Å². The van der Waals surface area contributed by atoms with Crippen LogP contribution in [-0.2, 0) is 0 Å². The van der Waals surface area contributed by atoms with Crippen LogP contribution in [0.25, 0.3) is 0 Å². The summed E-state index contributed by atoms with van der Waals surface area (Å²) in [5, 5.41) is 24.4. The van der Waals surface area contributed by atoms with Gasteiger partial charge >= 0.3 is 141 Å². The van der Waals surface area contributed by atoms with Gasteiger partial charge in [0.1, 0.15) is 0 Å². The van der Waals surface area contributed by atoms with Crippen molar-refractivity contribution in [3.63, 3.8) is 0 Å². The third-order valence-electron chi connectivity index (χ3n) is 2.53. The van der Waals surface area contributed by atoms with Crippen LogP contribution in [0, 0.1) is 24.3 Å². The minimum absolute atomic E-state index is 0.466. The molecular weight excluding hydrogens is 458 g/mol. The SMILES string of the molecule is Cc1cc[n+]([O-])c([S][Sn]([Cl])([Cl])[S]c2cc(C)cc[n+]2[O-])c1. The first kappa shape index (κ1) is 17.3. The van der Waals surface area contributed by atoms with Crippen molar-refractivity contribution in [3.05, 3.63) is 58.2 Å². The summed E-state index contributed by atoms with van der Waals surface area (Å²) in [7, 11) is 15.3. The van der Waals surface area contributed by atoms with Crippen LogP contribution in [0.1, 0.15) is 11.1 Å². The predicted molar refractivity (Wildman–Crippen MR) is 89.5 cm³/mol. The Kier molecular flexibility index (Phi) is 5.81. The van der Waals surface area contributed by atoms with E-state index in [9.17, 15) is 10.4 Å². The Bertz CT molecular complexity index is 618. The molecule has 4 nitrogen and oxygen atoms in total. The molecule has 0 fully saturated rings. The normalized spacial score (nSPS) is 11.6. The van der Waals surface area contributed by atoms with Crippen molar-refractivity contribution in [2.24, 2.45) is 0 Å². The van der Waals surface area contributed by atoms with Crippen LogP contribution in [0.4, 0.5) is 0 Å². The molecule has 0 atom stereocenters. The fourth-order valence-corrected chi connectivity index (χ4v) is 20.6. The summed E-state index contributed by atoms with van der Waals surface area (Å²) >= 11 is -3.76. The molecular formula is C12H12Cl2N2O2S2Sn. The molecule has 0 spiro atoms. The van der Waals surface area contributed by atoms with E-state index in [1.807, 2.05) is 13.8 Å². The summed E-state index contributed by atoms with van der Waals surface area (Å²) in [5.41, 5.74) is 1.92. The van der Waals surface area contributed by atoms with E-state index in [1.165, 1.54) is 30.3 Å². The molecule has 2 heterocycles. The van der Waals surface area contributed by atoms with Gasteiger partial charge in [0.05, 0.1) is 0 Å². The molecule has 0 bridgehead atoms. The van der Waals surface area contributed by atoms with Gasteiger partial charge in [-0.1, -0.05) is 0 Å². The molecule has 0 amide bonds. The van der Waals surface area contributed by atoms with Gasteiger partial charge in [-0.2, -0.15) is 0 Å². The molecule has 2 aromatic heterocycles. The van der Waals surface area contributed by atoms with Crippen LogP contribution in [0.3, 0.4) is 0 Å². The van der Waals surface area contributed by atoms with Gasteiger partial charge in [0.2, 0.25) is 0 Å². The number of aromatic nitrogens is 2. The zero-order chi connectivity index (χ0) is 15.6. The van der Waals surface area contributed by atoms with Gasteiger partial charge in [-0.3, -0.25) is 0 Å². The molecule has 0 N–H and O–H groups in total. The number of hydrogen-bond donors (Lipinski definition) is 0. The number of rotatable bonds is 4. The molecule has 0 saturated carbocycles. The quantitative estimate of drug-likeness (QED) is 0.391. The standard InChI is InChI=1S/2C6H7NOS.2ClH.Sn/c2*1-5-2-3-7(8)6(9)4-5;;;/h2*2-4,9H,1H3;2*1H;/q;;;;+4/p-4. The van der Waals surface area contributed by atoms with Crippen molar-refractivity contribution in [2.75, 3.05) is 0 Å². The number of pyridine rings is 2. The Balaban J connectivity index is 2.22. The van der Waals surface area contributed by atoms with Gasteiger partial charge in [0.25, 0.3) is 0 Å². The van der Waals surface area contributed by atoms with Gasteiger partial charge in [0, 0.05) is 0 Å². The summed E-state index contributed by atoms with van der Waals surface area (Å²) in [6.45, 7) is 3.78. The Morgan fingerprint density at radius 2 is 1.29 bits per heavy atom. The van der Waals surface area contributed by atoms with Crippen molar-refractivity contribution in [3.8, 4) is 0 Å². The Morgan fingerprint density at radius 3 is 1.67 bits per heavy atom. The van der Waals surface area contributed by atoms with Crippen molar-refractivity contribution < 1.29 is 9.46 Å². The Hall–Kier alpha value is -0.0213. The third-order valence-corrected chi connectivity index (χ3v) is 21.2. The molecule has 112 valence electrons. The van der Waals surface area contributed by atoms with Crippen LogP contribution in [0.5, 0.6) is 0 Å². The average molecular weight is 470 g/mol. The number of hydrogen-bond acceptors (Lipinski definition) is 4. The van der Waals surface area contributed by atoms with E-state index >= 15 is 0 Å². The van der Waals surface area contributed by atoms with Gasteiger partial charge in [-0.25, -0.2) is 0 Å². The summed E-state index contributed by atoms with van der Waals surface area (Å²) in [4.78, 5) is 0. The monoisotopic (exact) mass is 470 g/mol. The molecule has 9 heteroatoms. The molecule has 2 aromatic rings. The first-order chi connectivity index (χ1) is 9.77. The van der Waals surface area contributed by atoms with Crippen LogP contribution < -0.4 is 9.46 Å². The molecule has 0 aromatic carbocycles. The Morgan fingerprint density at radius 1 is 0.905 bits per heavy atom. The van der Waals surface area contributed by atoms with Crippen LogP contribution in [0.15, 0.2) is 46.7 Å².